The molecule has 4 rings (SSSR count). The summed E-state index contributed by atoms with van der Waals surface area (Å²) >= 11 is 0. The Morgan fingerprint density at radius 1 is 0.962 bits per heavy atom. The summed E-state index contributed by atoms with van der Waals surface area (Å²) in [7, 11) is 0. The van der Waals surface area contributed by atoms with Gasteiger partial charge in [0.25, 0.3) is 0 Å². The SMILES string of the molecule is NC(=O)Nc1ccccc1C(NC(=O)C1CC1)c1ccc(C2CC2)cc1. The van der Waals surface area contributed by atoms with Gasteiger partial charge in [0.15, 0.2) is 0 Å². The van der Waals surface area contributed by atoms with E-state index >= 15 is 0 Å². The molecule has 1 atom stereocenters. The second-order valence-electron chi connectivity index (χ2n) is 7.23. The maximum atomic E-state index is 12.5. The molecule has 5 heteroatoms. The predicted molar refractivity (Wildman–Crippen MR) is 101 cm³/mol. The molecule has 0 aromatic heterocycles. The Morgan fingerprint density at radius 3 is 2.27 bits per heavy atom. The second kappa shape index (κ2) is 6.83. The average molecular weight is 349 g/mol. The number of carbonyl (C=O) groups is 2. The van der Waals surface area contributed by atoms with Gasteiger partial charge >= 0.3 is 6.03 Å². The highest BCUT2D eigenvalue weighted by Crippen LogP contribution is 2.40. The number of para-hydroxylation sites is 1. The lowest BCUT2D eigenvalue weighted by Gasteiger charge is -2.23. The van der Waals surface area contributed by atoms with Crippen molar-refractivity contribution in [3.05, 3.63) is 65.2 Å². The van der Waals surface area contributed by atoms with Gasteiger partial charge in [-0.05, 0) is 48.8 Å². The van der Waals surface area contributed by atoms with Crippen LogP contribution in [0, 0.1) is 5.92 Å². The molecule has 4 N–H and O–H groups in total. The van der Waals surface area contributed by atoms with Crippen molar-refractivity contribution in [2.45, 2.75) is 37.6 Å². The number of nitrogens with one attached hydrogen (secondary N) is 2. The quantitative estimate of drug-likeness (QED) is 0.743. The van der Waals surface area contributed by atoms with E-state index in [0.29, 0.717) is 11.6 Å². The number of hydrogen-bond acceptors (Lipinski definition) is 2. The van der Waals surface area contributed by atoms with E-state index in [-0.39, 0.29) is 17.9 Å². The largest absolute Gasteiger partial charge is 0.351 e. The van der Waals surface area contributed by atoms with Gasteiger partial charge in [-0.1, -0.05) is 42.5 Å². The second-order valence-corrected chi connectivity index (χ2v) is 7.23. The zero-order chi connectivity index (χ0) is 18.1. The number of carbonyl (C=O) groups excluding carboxylic acids is 2. The third-order valence-corrected chi connectivity index (χ3v) is 5.08. The van der Waals surface area contributed by atoms with Crippen molar-refractivity contribution in [1.82, 2.24) is 5.32 Å². The summed E-state index contributed by atoms with van der Waals surface area (Å²) in [5.41, 5.74) is 9.12. The van der Waals surface area contributed by atoms with Gasteiger partial charge in [-0.25, -0.2) is 4.79 Å². The minimum Gasteiger partial charge on any atom is -0.351 e. The smallest absolute Gasteiger partial charge is 0.316 e. The van der Waals surface area contributed by atoms with Gasteiger partial charge in [0, 0.05) is 17.2 Å². The fourth-order valence-corrected chi connectivity index (χ4v) is 3.32. The lowest BCUT2D eigenvalue weighted by Crippen LogP contribution is -2.31. The first-order chi connectivity index (χ1) is 12.6. The van der Waals surface area contributed by atoms with Crippen molar-refractivity contribution < 1.29 is 9.59 Å². The van der Waals surface area contributed by atoms with Crippen LogP contribution in [0.1, 0.15) is 54.3 Å². The fraction of sp³-hybridized carbons (Fsp3) is 0.333. The van der Waals surface area contributed by atoms with Crippen molar-refractivity contribution in [3.63, 3.8) is 0 Å². The van der Waals surface area contributed by atoms with E-state index in [2.05, 4.69) is 34.9 Å². The normalized spacial score (nSPS) is 17.4. The van der Waals surface area contributed by atoms with Crippen LogP contribution in [0.2, 0.25) is 0 Å². The Morgan fingerprint density at radius 2 is 1.65 bits per heavy atom. The summed E-state index contributed by atoms with van der Waals surface area (Å²) in [6.07, 6.45) is 4.40. The maximum absolute atomic E-state index is 12.5. The molecule has 0 bridgehead atoms. The first-order valence-electron chi connectivity index (χ1n) is 9.17. The Hall–Kier alpha value is -2.82. The zero-order valence-electron chi connectivity index (χ0n) is 14.6. The van der Waals surface area contributed by atoms with E-state index in [4.69, 9.17) is 5.73 Å². The van der Waals surface area contributed by atoms with Gasteiger partial charge in [0.05, 0.1) is 6.04 Å². The van der Waals surface area contributed by atoms with Crippen LogP contribution in [-0.4, -0.2) is 11.9 Å². The number of benzene rings is 2. The molecule has 26 heavy (non-hydrogen) atoms. The average Bonchev–Trinajstić information content (AvgIpc) is 3.52. The molecule has 0 spiro atoms. The van der Waals surface area contributed by atoms with E-state index in [1.165, 1.54) is 18.4 Å². The maximum Gasteiger partial charge on any atom is 0.316 e. The number of hydrogen-bond donors (Lipinski definition) is 3. The molecule has 3 amide bonds. The highest BCUT2D eigenvalue weighted by molar-refractivity contribution is 5.89. The van der Waals surface area contributed by atoms with Crippen molar-refractivity contribution in [3.8, 4) is 0 Å². The molecule has 2 fully saturated rings. The molecular formula is C21H23N3O2. The Bertz CT molecular complexity index is 823. The highest BCUT2D eigenvalue weighted by Gasteiger charge is 2.32. The molecule has 1 unspecified atom stereocenters. The lowest BCUT2D eigenvalue weighted by atomic mass is 9.95. The van der Waals surface area contributed by atoms with Crippen LogP contribution < -0.4 is 16.4 Å². The minimum atomic E-state index is -0.617. The number of primary amides is 1. The molecular weight excluding hydrogens is 326 g/mol. The first kappa shape index (κ1) is 16.6. The Kier molecular flexibility index (Phi) is 4.37. The summed E-state index contributed by atoms with van der Waals surface area (Å²) in [6, 6.07) is 15.0. The number of rotatable bonds is 6. The van der Waals surface area contributed by atoms with Crippen molar-refractivity contribution in [2.75, 3.05) is 5.32 Å². The van der Waals surface area contributed by atoms with Gasteiger partial charge in [-0.15, -0.1) is 0 Å². The monoisotopic (exact) mass is 349 g/mol. The van der Waals surface area contributed by atoms with Gasteiger partial charge in [0.2, 0.25) is 5.91 Å². The molecule has 0 heterocycles. The Balaban J connectivity index is 1.68. The van der Waals surface area contributed by atoms with E-state index in [1.54, 1.807) is 6.07 Å². The van der Waals surface area contributed by atoms with E-state index in [1.807, 2.05) is 18.2 Å². The van der Waals surface area contributed by atoms with Crippen LogP contribution in [0.3, 0.4) is 0 Å². The minimum absolute atomic E-state index is 0.0650. The predicted octanol–water partition coefficient (Wildman–Crippen LogP) is 3.67. The summed E-state index contributed by atoms with van der Waals surface area (Å²) in [4.78, 5) is 23.8. The molecule has 0 radical (unpaired) electrons. The lowest BCUT2D eigenvalue weighted by molar-refractivity contribution is -0.122. The van der Waals surface area contributed by atoms with Crippen LogP contribution in [0.5, 0.6) is 0 Å². The van der Waals surface area contributed by atoms with Crippen LogP contribution in [-0.2, 0) is 4.79 Å². The summed E-state index contributed by atoms with van der Waals surface area (Å²) in [6.45, 7) is 0. The van der Waals surface area contributed by atoms with Crippen molar-refractivity contribution in [1.29, 1.82) is 0 Å². The summed E-state index contributed by atoms with van der Waals surface area (Å²) in [5.74, 6) is 0.863. The molecule has 134 valence electrons. The van der Waals surface area contributed by atoms with Gasteiger partial charge in [0.1, 0.15) is 0 Å². The number of urea groups is 1. The molecule has 5 nitrogen and oxygen atoms in total. The molecule has 2 aliphatic rings. The third kappa shape index (κ3) is 3.72. The molecule has 2 aliphatic carbocycles. The van der Waals surface area contributed by atoms with E-state index in [9.17, 15) is 9.59 Å². The van der Waals surface area contributed by atoms with Crippen molar-refractivity contribution >= 4 is 17.6 Å². The standard InChI is InChI=1S/C21H23N3O2/c22-21(26)23-18-4-2-1-3-17(18)19(24-20(25)16-11-12-16)15-9-7-14(8-10-15)13-5-6-13/h1-4,7-10,13,16,19H,5-6,11-12H2,(H,24,25)(H3,22,23,26). The topological polar surface area (TPSA) is 84.2 Å². The summed E-state index contributed by atoms with van der Waals surface area (Å²) in [5, 5.41) is 5.83. The van der Waals surface area contributed by atoms with Gasteiger partial charge in [-0.2, -0.15) is 0 Å². The fourth-order valence-electron chi connectivity index (χ4n) is 3.32. The molecule has 0 saturated heterocycles. The van der Waals surface area contributed by atoms with E-state index < -0.39 is 6.03 Å². The number of amides is 3. The van der Waals surface area contributed by atoms with Crippen molar-refractivity contribution in [2.24, 2.45) is 11.7 Å². The number of anilines is 1. The molecule has 0 aliphatic heterocycles. The number of nitrogens with two attached hydrogens (primary N) is 1. The van der Waals surface area contributed by atoms with Crippen LogP contribution in [0.15, 0.2) is 48.5 Å². The molecule has 2 aromatic rings. The van der Waals surface area contributed by atoms with E-state index in [0.717, 1.165) is 24.0 Å². The van der Waals surface area contributed by atoms with Gasteiger partial charge in [-0.3, -0.25) is 4.79 Å². The van der Waals surface area contributed by atoms with Crippen LogP contribution in [0.25, 0.3) is 0 Å². The Labute approximate surface area is 153 Å². The highest BCUT2D eigenvalue weighted by atomic mass is 16.2. The first-order valence-corrected chi connectivity index (χ1v) is 9.17. The zero-order valence-corrected chi connectivity index (χ0v) is 14.6. The molecule has 2 aromatic carbocycles. The summed E-state index contributed by atoms with van der Waals surface area (Å²) < 4.78 is 0. The van der Waals surface area contributed by atoms with Gasteiger partial charge < -0.3 is 16.4 Å². The third-order valence-electron chi connectivity index (χ3n) is 5.08. The van der Waals surface area contributed by atoms with Crippen LogP contribution in [0.4, 0.5) is 10.5 Å². The van der Waals surface area contributed by atoms with Crippen LogP contribution >= 0.6 is 0 Å². The molecule has 2 saturated carbocycles.